The number of rotatable bonds is 7. The van der Waals surface area contributed by atoms with Gasteiger partial charge in [0.2, 0.25) is 0 Å². The lowest BCUT2D eigenvalue weighted by Gasteiger charge is -2.28. The van der Waals surface area contributed by atoms with Gasteiger partial charge in [0.05, 0.1) is 11.3 Å². The highest BCUT2D eigenvalue weighted by atomic mass is 32.1. The summed E-state index contributed by atoms with van der Waals surface area (Å²) in [6.07, 6.45) is 4.57. The average Bonchev–Trinajstić information content (AvgIpc) is 3.40. The maximum atomic E-state index is 13.3. The van der Waals surface area contributed by atoms with E-state index in [2.05, 4.69) is 16.0 Å². The number of carboxylic acid groups (broad SMARTS) is 1. The third kappa shape index (κ3) is 5.94. The van der Waals surface area contributed by atoms with Crippen molar-refractivity contribution >= 4 is 40.6 Å². The average molecular weight is 506 g/mol. The Kier molecular flexibility index (Phi) is 8.05. The smallest absolute Gasteiger partial charge is 0.326 e. The molecule has 1 aliphatic carbocycles. The van der Waals surface area contributed by atoms with Crippen molar-refractivity contribution in [3.05, 3.63) is 69.9 Å². The van der Waals surface area contributed by atoms with Crippen LogP contribution in [0.2, 0.25) is 0 Å². The summed E-state index contributed by atoms with van der Waals surface area (Å²) in [5, 5.41) is 22.2. The van der Waals surface area contributed by atoms with E-state index < -0.39 is 23.9 Å². The molecule has 0 bridgehead atoms. The number of aryl methyl sites for hydroxylation is 2. The summed E-state index contributed by atoms with van der Waals surface area (Å²) in [5.41, 5.74) is 4.89. The van der Waals surface area contributed by atoms with Crippen molar-refractivity contribution in [1.29, 1.82) is 0 Å². The molecule has 7 nitrogen and oxygen atoms in total. The fourth-order valence-corrected chi connectivity index (χ4v) is 5.47. The summed E-state index contributed by atoms with van der Waals surface area (Å²) in [5.74, 6) is -1.66. The first-order valence-corrected chi connectivity index (χ1v) is 13.1. The molecular formula is C28H31N3O4S. The molecule has 8 heteroatoms. The molecule has 0 unspecified atom stereocenters. The number of carboxylic acids is 1. The van der Waals surface area contributed by atoms with Crippen LogP contribution in [0.5, 0.6) is 0 Å². The molecular weight excluding hydrogens is 474 g/mol. The summed E-state index contributed by atoms with van der Waals surface area (Å²) in [6, 6.07) is 11.5. The first kappa shape index (κ1) is 25.4. The van der Waals surface area contributed by atoms with E-state index in [9.17, 15) is 19.5 Å². The number of anilines is 2. The normalized spacial score (nSPS) is 14.6. The Morgan fingerprint density at radius 3 is 2.31 bits per heavy atom. The zero-order valence-electron chi connectivity index (χ0n) is 20.5. The quantitative estimate of drug-likeness (QED) is 0.296. The third-order valence-corrected chi connectivity index (χ3v) is 7.44. The minimum absolute atomic E-state index is 0.103. The number of para-hydroxylation sites is 1. The van der Waals surface area contributed by atoms with Crippen LogP contribution in [0.3, 0.4) is 0 Å². The molecule has 1 aliphatic rings. The van der Waals surface area contributed by atoms with Gasteiger partial charge in [0.25, 0.3) is 5.91 Å². The van der Waals surface area contributed by atoms with Crippen LogP contribution in [0.15, 0.2) is 53.2 Å². The molecule has 4 N–H and O–H groups in total. The fourth-order valence-electron chi connectivity index (χ4n) is 4.80. The first-order valence-electron chi connectivity index (χ1n) is 12.2. The minimum Gasteiger partial charge on any atom is -0.480 e. The molecule has 0 aliphatic heterocycles. The van der Waals surface area contributed by atoms with Gasteiger partial charge in [-0.15, -0.1) is 0 Å². The zero-order valence-corrected chi connectivity index (χ0v) is 21.3. The lowest BCUT2D eigenvalue weighted by Crippen LogP contribution is -2.46. The van der Waals surface area contributed by atoms with E-state index in [4.69, 9.17) is 0 Å². The number of carbonyl (C=O) groups is 3. The Balaban J connectivity index is 1.61. The standard InChI is InChI=1S/C28H31N3O4S/c1-17-7-6-8-18(2)24(17)31-28(35)29-23-15-20(21-13-14-36-16-21)11-12-22(23)26(32)30-25(27(33)34)19-9-4-3-5-10-19/h6-8,11-16,19,25H,3-5,9-10H2,1-2H3,(H,30,32)(H,33,34)(H2,29,31,35)/t25-/m0/s1. The molecule has 3 amide bonds. The number of urea groups is 1. The van der Waals surface area contributed by atoms with Crippen LogP contribution < -0.4 is 16.0 Å². The lowest BCUT2D eigenvalue weighted by molar-refractivity contribution is -0.141. The molecule has 1 fully saturated rings. The number of nitrogens with one attached hydrogen (secondary N) is 3. The number of carbonyl (C=O) groups excluding carboxylic acids is 2. The van der Waals surface area contributed by atoms with Crippen molar-refractivity contribution in [3.63, 3.8) is 0 Å². The summed E-state index contributed by atoms with van der Waals surface area (Å²) in [7, 11) is 0. The molecule has 1 aromatic heterocycles. The number of hydrogen-bond acceptors (Lipinski definition) is 4. The second-order valence-electron chi connectivity index (χ2n) is 9.31. The predicted octanol–water partition coefficient (Wildman–Crippen LogP) is 6.44. The van der Waals surface area contributed by atoms with Crippen molar-refractivity contribution in [2.75, 3.05) is 10.6 Å². The van der Waals surface area contributed by atoms with Crippen LogP contribution in [0.4, 0.5) is 16.2 Å². The number of hydrogen-bond donors (Lipinski definition) is 4. The van der Waals surface area contributed by atoms with Gasteiger partial charge >= 0.3 is 12.0 Å². The van der Waals surface area contributed by atoms with Crippen molar-refractivity contribution in [1.82, 2.24) is 5.32 Å². The highest BCUT2D eigenvalue weighted by molar-refractivity contribution is 7.08. The zero-order chi connectivity index (χ0) is 25.7. The van der Waals surface area contributed by atoms with Crippen molar-refractivity contribution in [3.8, 4) is 11.1 Å². The number of benzene rings is 2. The molecule has 0 radical (unpaired) electrons. The Labute approximate surface area is 214 Å². The van der Waals surface area contributed by atoms with Crippen LogP contribution >= 0.6 is 11.3 Å². The van der Waals surface area contributed by atoms with Gasteiger partial charge in [0.15, 0.2) is 0 Å². The summed E-state index contributed by atoms with van der Waals surface area (Å²) < 4.78 is 0. The molecule has 3 aromatic rings. The van der Waals surface area contributed by atoms with Gasteiger partial charge in [-0.05, 0) is 83.8 Å². The van der Waals surface area contributed by atoms with Gasteiger partial charge in [-0.1, -0.05) is 43.5 Å². The second-order valence-corrected chi connectivity index (χ2v) is 10.1. The Morgan fingerprint density at radius 1 is 0.944 bits per heavy atom. The van der Waals surface area contributed by atoms with Gasteiger partial charge in [-0.25, -0.2) is 9.59 Å². The van der Waals surface area contributed by atoms with E-state index in [1.54, 1.807) is 23.5 Å². The van der Waals surface area contributed by atoms with E-state index in [0.717, 1.165) is 54.4 Å². The molecule has 188 valence electrons. The van der Waals surface area contributed by atoms with E-state index in [-0.39, 0.29) is 11.5 Å². The van der Waals surface area contributed by atoms with E-state index in [1.807, 2.05) is 54.9 Å². The third-order valence-electron chi connectivity index (χ3n) is 6.76. The molecule has 1 heterocycles. The molecule has 36 heavy (non-hydrogen) atoms. The van der Waals surface area contributed by atoms with Crippen LogP contribution in [0.25, 0.3) is 11.1 Å². The predicted molar refractivity (Wildman–Crippen MR) is 144 cm³/mol. The van der Waals surface area contributed by atoms with E-state index >= 15 is 0 Å². The Hall–Kier alpha value is -3.65. The molecule has 1 saturated carbocycles. The van der Waals surface area contributed by atoms with Crippen LogP contribution in [-0.4, -0.2) is 29.1 Å². The number of aliphatic carboxylic acids is 1. The van der Waals surface area contributed by atoms with E-state index in [0.29, 0.717) is 11.4 Å². The van der Waals surface area contributed by atoms with Gasteiger partial charge in [-0.2, -0.15) is 11.3 Å². The maximum absolute atomic E-state index is 13.3. The van der Waals surface area contributed by atoms with Crippen molar-refractivity contribution in [2.45, 2.75) is 52.0 Å². The van der Waals surface area contributed by atoms with Gasteiger partial charge < -0.3 is 21.1 Å². The molecule has 0 saturated heterocycles. The minimum atomic E-state index is -1.03. The maximum Gasteiger partial charge on any atom is 0.326 e. The monoisotopic (exact) mass is 505 g/mol. The Bertz CT molecular complexity index is 1230. The molecule has 1 atom stereocenters. The van der Waals surface area contributed by atoms with Gasteiger partial charge in [-0.3, -0.25) is 4.79 Å². The molecule has 0 spiro atoms. The Morgan fingerprint density at radius 2 is 1.67 bits per heavy atom. The lowest BCUT2D eigenvalue weighted by atomic mass is 9.83. The highest BCUT2D eigenvalue weighted by Gasteiger charge is 2.31. The van der Waals surface area contributed by atoms with Gasteiger partial charge in [0, 0.05) is 5.69 Å². The number of thiophene rings is 1. The number of amides is 3. The molecule has 4 rings (SSSR count). The SMILES string of the molecule is Cc1cccc(C)c1NC(=O)Nc1cc(-c2ccsc2)ccc1C(=O)N[C@H](C(=O)O)C1CCCCC1. The summed E-state index contributed by atoms with van der Waals surface area (Å²) in [6.45, 7) is 3.83. The van der Waals surface area contributed by atoms with Crippen molar-refractivity contribution in [2.24, 2.45) is 5.92 Å². The van der Waals surface area contributed by atoms with Crippen LogP contribution in [0, 0.1) is 19.8 Å². The fraction of sp³-hybridized carbons (Fsp3) is 0.321. The van der Waals surface area contributed by atoms with Crippen molar-refractivity contribution < 1.29 is 19.5 Å². The highest BCUT2D eigenvalue weighted by Crippen LogP contribution is 2.30. The van der Waals surface area contributed by atoms with Crippen LogP contribution in [0.1, 0.15) is 53.6 Å². The topological polar surface area (TPSA) is 108 Å². The van der Waals surface area contributed by atoms with Crippen LogP contribution in [-0.2, 0) is 4.79 Å². The summed E-state index contributed by atoms with van der Waals surface area (Å²) in [4.78, 5) is 38.3. The van der Waals surface area contributed by atoms with Gasteiger partial charge in [0.1, 0.15) is 6.04 Å². The largest absolute Gasteiger partial charge is 0.480 e. The summed E-state index contributed by atoms with van der Waals surface area (Å²) >= 11 is 1.55. The second kappa shape index (κ2) is 11.4. The van der Waals surface area contributed by atoms with E-state index in [1.165, 1.54) is 0 Å². The first-order chi connectivity index (χ1) is 17.3. The molecule has 2 aromatic carbocycles.